The Bertz CT molecular complexity index is 516. The maximum Gasteiger partial charge on any atom is 0.257 e. The van der Waals surface area contributed by atoms with Crippen molar-refractivity contribution in [3.8, 4) is 0 Å². The van der Waals surface area contributed by atoms with E-state index in [4.69, 9.17) is 0 Å². The molecule has 0 bridgehead atoms. The second-order valence-corrected chi connectivity index (χ2v) is 7.04. The lowest BCUT2D eigenvalue weighted by Gasteiger charge is -2.34. The standard InChI is InChI=1S/C12H22N4O2S/c1-9(2)16-6-4-11(5-7-16)15-19(17,18)12-8-13-10(3)14-12/h8-9,11,15H,4-7H2,1-3H3,(H,13,14). The summed E-state index contributed by atoms with van der Waals surface area (Å²) in [6.07, 6.45) is 3.07. The maximum atomic E-state index is 12.1. The van der Waals surface area contributed by atoms with E-state index in [1.165, 1.54) is 6.20 Å². The monoisotopic (exact) mass is 286 g/mol. The van der Waals surface area contributed by atoms with Crippen molar-refractivity contribution in [2.45, 2.75) is 50.7 Å². The highest BCUT2D eigenvalue weighted by Crippen LogP contribution is 2.15. The van der Waals surface area contributed by atoms with Crippen LogP contribution in [0.25, 0.3) is 0 Å². The summed E-state index contributed by atoms with van der Waals surface area (Å²) in [5.41, 5.74) is 0. The molecular weight excluding hydrogens is 264 g/mol. The molecule has 0 aromatic carbocycles. The second kappa shape index (κ2) is 5.60. The Balaban J connectivity index is 1.95. The van der Waals surface area contributed by atoms with Gasteiger partial charge in [-0.25, -0.2) is 18.1 Å². The van der Waals surface area contributed by atoms with E-state index in [0.29, 0.717) is 11.9 Å². The average molecular weight is 286 g/mol. The van der Waals surface area contributed by atoms with Crippen molar-refractivity contribution >= 4 is 10.0 Å². The normalized spacial score (nSPS) is 19.2. The van der Waals surface area contributed by atoms with Crippen molar-refractivity contribution in [2.24, 2.45) is 0 Å². The van der Waals surface area contributed by atoms with Crippen molar-refractivity contribution < 1.29 is 8.42 Å². The van der Waals surface area contributed by atoms with Gasteiger partial charge in [0.2, 0.25) is 0 Å². The number of nitrogens with one attached hydrogen (secondary N) is 2. The molecule has 19 heavy (non-hydrogen) atoms. The number of sulfonamides is 1. The summed E-state index contributed by atoms with van der Waals surface area (Å²) in [6, 6.07) is 0.538. The number of hydrogen-bond acceptors (Lipinski definition) is 4. The van der Waals surface area contributed by atoms with E-state index in [-0.39, 0.29) is 11.1 Å². The molecule has 2 rings (SSSR count). The smallest absolute Gasteiger partial charge is 0.257 e. The van der Waals surface area contributed by atoms with E-state index in [9.17, 15) is 8.42 Å². The number of aryl methyl sites for hydroxylation is 1. The van der Waals surface area contributed by atoms with Crippen molar-refractivity contribution in [2.75, 3.05) is 13.1 Å². The van der Waals surface area contributed by atoms with E-state index >= 15 is 0 Å². The number of imidazole rings is 1. The maximum absolute atomic E-state index is 12.1. The van der Waals surface area contributed by atoms with Crippen molar-refractivity contribution in [3.05, 3.63) is 12.0 Å². The third-order valence-corrected chi connectivity index (χ3v) is 4.98. The molecule has 1 saturated heterocycles. The summed E-state index contributed by atoms with van der Waals surface area (Å²) in [6.45, 7) is 7.94. The molecule has 1 aliphatic rings. The molecule has 1 fully saturated rings. The Morgan fingerprint density at radius 2 is 2.05 bits per heavy atom. The van der Waals surface area contributed by atoms with Gasteiger partial charge in [-0.1, -0.05) is 0 Å². The Hall–Kier alpha value is -0.920. The first-order chi connectivity index (χ1) is 8.88. The van der Waals surface area contributed by atoms with Crippen LogP contribution in [0.4, 0.5) is 0 Å². The van der Waals surface area contributed by atoms with Gasteiger partial charge in [-0.3, -0.25) is 0 Å². The molecule has 108 valence electrons. The van der Waals surface area contributed by atoms with E-state index in [0.717, 1.165) is 25.9 Å². The molecule has 0 unspecified atom stereocenters. The van der Waals surface area contributed by atoms with Crippen molar-refractivity contribution in [3.63, 3.8) is 0 Å². The third-order valence-electron chi connectivity index (χ3n) is 3.55. The Morgan fingerprint density at radius 1 is 1.42 bits per heavy atom. The molecule has 1 aliphatic heterocycles. The molecule has 1 aromatic heterocycles. The van der Waals surface area contributed by atoms with Gasteiger partial charge < -0.3 is 9.88 Å². The predicted octanol–water partition coefficient (Wildman–Crippen LogP) is 0.869. The van der Waals surface area contributed by atoms with Gasteiger partial charge in [0, 0.05) is 12.1 Å². The van der Waals surface area contributed by atoms with Gasteiger partial charge in [-0.05, 0) is 46.7 Å². The largest absolute Gasteiger partial charge is 0.332 e. The van der Waals surface area contributed by atoms with Crippen LogP contribution in [0.15, 0.2) is 11.2 Å². The summed E-state index contributed by atoms with van der Waals surface area (Å²) >= 11 is 0. The number of aromatic amines is 1. The molecule has 2 heterocycles. The minimum Gasteiger partial charge on any atom is -0.332 e. The minimum absolute atomic E-state index is 0.0172. The van der Waals surface area contributed by atoms with Crippen molar-refractivity contribution in [1.29, 1.82) is 0 Å². The van der Waals surface area contributed by atoms with Crippen LogP contribution in [0.2, 0.25) is 0 Å². The van der Waals surface area contributed by atoms with E-state index < -0.39 is 10.0 Å². The van der Waals surface area contributed by atoms with Crippen LogP contribution < -0.4 is 4.72 Å². The molecular formula is C12H22N4O2S. The van der Waals surface area contributed by atoms with Crippen LogP contribution in [0.3, 0.4) is 0 Å². The van der Waals surface area contributed by atoms with E-state index in [2.05, 4.69) is 33.4 Å². The van der Waals surface area contributed by atoms with Crippen LogP contribution in [0.5, 0.6) is 0 Å². The molecule has 0 amide bonds. The number of piperidine rings is 1. The number of nitrogens with zero attached hydrogens (tertiary/aromatic N) is 2. The SMILES string of the molecule is Cc1ncc(S(=O)(=O)NC2CCN(C(C)C)CC2)[nH]1. The first-order valence-electron chi connectivity index (χ1n) is 6.66. The van der Waals surface area contributed by atoms with Gasteiger partial charge in [-0.2, -0.15) is 0 Å². The molecule has 0 atom stereocenters. The number of aromatic nitrogens is 2. The van der Waals surface area contributed by atoms with Gasteiger partial charge >= 0.3 is 0 Å². The lowest BCUT2D eigenvalue weighted by molar-refractivity contribution is 0.168. The quantitative estimate of drug-likeness (QED) is 0.861. The van der Waals surface area contributed by atoms with Crippen LogP contribution in [-0.2, 0) is 10.0 Å². The number of hydrogen-bond donors (Lipinski definition) is 2. The zero-order chi connectivity index (χ0) is 14.0. The minimum atomic E-state index is -3.46. The van der Waals surface area contributed by atoms with Crippen LogP contribution in [0, 0.1) is 6.92 Å². The van der Waals surface area contributed by atoms with Crippen LogP contribution >= 0.6 is 0 Å². The molecule has 6 nitrogen and oxygen atoms in total. The summed E-state index contributed by atoms with van der Waals surface area (Å²) in [5, 5.41) is 0.149. The molecule has 0 spiro atoms. The predicted molar refractivity (Wildman–Crippen MR) is 73.4 cm³/mol. The highest BCUT2D eigenvalue weighted by molar-refractivity contribution is 7.89. The molecule has 0 radical (unpaired) electrons. The zero-order valence-electron chi connectivity index (χ0n) is 11.7. The Labute approximate surface area is 114 Å². The van der Waals surface area contributed by atoms with Crippen LogP contribution in [-0.4, -0.2) is 48.5 Å². The highest BCUT2D eigenvalue weighted by Gasteiger charge is 2.26. The summed E-state index contributed by atoms with van der Waals surface area (Å²) in [5.74, 6) is 0.606. The third kappa shape index (κ3) is 3.55. The molecule has 2 N–H and O–H groups in total. The van der Waals surface area contributed by atoms with E-state index in [1.54, 1.807) is 6.92 Å². The highest BCUT2D eigenvalue weighted by atomic mass is 32.2. The van der Waals surface area contributed by atoms with Gasteiger partial charge in [0.15, 0.2) is 5.03 Å². The van der Waals surface area contributed by atoms with Gasteiger partial charge in [-0.15, -0.1) is 0 Å². The molecule has 1 aromatic rings. The van der Waals surface area contributed by atoms with Crippen LogP contribution in [0.1, 0.15) is 32.5 Å². The molecule has 7 heteroatoms. The van der Waals surface area contributed by atoms with Crippen molar-refractivity contribution in [1.82, 2.24) is 19.6 Å². The summed E-state index contributed by atoms with van der Waals surface area (Å²) in [7, 11) is -3.46. The molecule has 0 aliphatic carbocycles. The Kier molecular flexibility index (Phi) is 4.27. The molecule has 0 saturated carbocycles. The van der Waals surface area contributed by atoms with Gasteiger partial charge in [0.05, 0.1) is 6.20 Å². The second-order valence-electron chi connectivity index (χ2n) is 5.36. The fraction of sp³-hybridized carbons (Fsp3) is 0.750. The topological polar surface area (TPSA) is 78.1 Å². The van der Waals surface area contributed by atoms with Gasteiger partial charge in [0.25, 0.3) is 10.0 Å². The Morgan fingerprint density at radius 3 is 2.53 bits per heavy atom. The van der Waals surface area contributed by atoms with E-state index in [1.807, 2.05) is 0 Å². The lowest BCUT2D eigenvalue weighted by atomic mass is 10.1. The summed E-state index contributed by atoms with van der Waals surface area (Å²) in [4.78, 5) is 9.06. The fourth-order valence-corrected chi connectivity index (χ4v) is 3.63. The summed E-state index contributed by atoms with van der Waals surface area (Å²) < 4.78 is 27.0. The number of H-pyrrole nitrogens is 1. The van der Waals surface area contributed by atoms with Gasteiger partial charge in [0.1, 0.15) is 5.82 Å². The lowest BCUT2D eigenvalue weighted by Crippen LogP contribution is -2.46. The average Bonchev–Trinajstić information content (AvgIpc) is 2.77. The number of likely N-dealkylation sites (tertiary alicyclic amines) is 1. The number of rotatable bonds is 4. The zero-order valence-corrected chi connectivity index (χ0v) is 12.5. The fourth-order valence-electron chi connectivity index (χ4n) is 2.35. The first-order valence-corrected chi connectivity index (χ1v) is 8.15. The first kappa shape index (κ1) is 14.5.